The molecule has 0 atom stereocenters. The van der Waals surface area contributed by atoms with Gasteiger partial charge in [0.1, 0.15) is 0 Å². The van der Waals surface area contributed by atoms with Crippen LogP contribution in [0.1, 0.15) is 43.7 Å². The van der Waals surface area contributed by atoms with Gasteiger partial charge < -0.3 is 9.32 Å². The molecule has 2 heterocycles. The molecule has 1 aromatic heterocycles. The monoisotopic (exact) mass is 221 g/mol. The van der Waals surface area contributed by atoms with E-state index in [-0.39, 0.29) is 0 Å². The molecule has 16 heavy (non-hydrogen) atoms. The molecule has 0 saturated carbocycles. The summed E-state index contributed by atoms with van der Waals surface area (Å²) in [6.45, 7) is 6.66. The van der Waals surface area contributed by atoms with Crippen LogP contribution >= 0.6 is 0 Å². The zero-order valence-corrected chi connectivity index (χ0v) is 10.0. The lowest BCUT2D eigenvalue weighted by atomic mass is 9.78. The average molecular weight is 221 g/mol. The van der Waals surface area contributed by atoms with Crippen molar-refractivity contribution < 1.29 is 9.21 Å². The Labute approximate surface area is 96.4 Å². The van der Waals surface area contributed by atoms with Gasteiger partial charge in [-0.3, -0.25) is 4.79 Å². The van der Waals surface area contributed by atoms with Gasteiger partial charge in [0.2, 0.25) is 0 Å². The number of rotatable bonds is 3. The first kappa shape index (κ1) is 11.2. The van der Waals surface area contributed by atoms with Gasteiger partial charge in [-0.25, -0.2) is 0 Å². The minimum Gasteiger partial charge on any atom is -0.438 e. The largest absolute Gasteiger partial charge is 0.438 e. The number of furan rings is 1. The summed E-state index contributed by atoms with van der Waals surface area (Å²) in [6, 6.07) is 3.62. The van der Waals surface area contributed by atoms with Crippen LogP contribution in [0.3, 0.4) is 0 Å². The van der Waals surface area contributed by atoms with Gasteiger partial charge in [0.05, 0.1) is 0 Å². The molecule has 1 aliphatic heterocycles. The maximum absolute atomic E-state index is 10.5. The minimum atomic E-state index is 0.416. The van der Waals surface area contributed by atoms with Gasteiger partial charge in [0, 0.05) is 19.2 Å². The number of carbonyl (C=O) groups is 1. The topological polar surface area (TPSA) is 33.5 Å². The van der Waals surface area contributed by atoms with Gasteiger partial charge in [-0.05, 0) is 24.3 Å². The molecule has 1 aliphatic rings. The highest BCUT2D eigenvalue weighted by molar-refractivity contribution is 5.71. The summed E-state index contributed by atoms with van der Waals surface area (Å²) in [6.07, 6.45) is 4.38. The quantitative estimate of drug-likeness (QED) is 0.735. The normalized spacial score (nSPS) is 19.8. The second kappa shape index (κ2) is 4.32. The fourth-order valence-corrected chi connectivity index (χ4v) is 2.20. The van der Waals surface area contributed by atoms with E-state index < -0.39 is 0 Å². The van der Waals surface area contributed by atoms with Crippen LogP contribution in [0.5, 0.6) is 0 Å². The van der Waals surface area contributed by atoms with Gasteiger partial charge >= 0.3 is 0 Å². The summed E-state index contributed by atoms with van der Waals surface area (Å²) in [5.74, 6) is 1.25. The lowest BCUT2D eigenvalue weighted by molar-refractivity contribution is 0.110. The lowest BCUT2D eigenvalue weighted by Gasteiger charge is -2.38. The van der Waals surface area contributed by atoms with Crippen LogP contribution in [0.4, 0.5) is 5.88 Å². The van der Waals surface area contributed by atoms with Gasteiger partial charge in [0.15, 0.2) is 17.9 Å². The third-order valence-corrected chi connectivity index (χ3v) is 3.86. The summed E-state index contributed by atoms with van der Waals surface area (Å²) in [7, 11) is 0. The minimum absolute atomic E-state index is 0.416. The van der Waals surface area contributed by atoms with Crippen LogP contribution in [0, 0.1) is 5.41 Å². The van der Waals surface area contributed by atoms with Crippen molar-refractivity contribution in [3.05, 3.63) is 17.9 Å². The molecule has 0 unspecified atom stereocenters. The molecule has 0 N–H and O–H groups in total. The van der Waals surface area contributed by atoms with E-state index in [0.717, 1.165) is 25.3 Å². The molecule has 0 bridgehead atoms. The molecule has 88 valence electrons. The maximum Gasteiger partial charge on any atom is 0.196 e. The first-order valence-corrected chi connectivity index (χ1v) is 5.97. The van der Waals surface area contributed by atoms with Crippen molar-refractivity contribution in [1.82, 2.24) is 0 Å². The van der Waals surface area contributed by atoms with Crippen LogP contribution in [0.2, 0.25) is 0 Å². The molecule has 0 aromatic carbocycles. The Morgan fingerprint density at radius 1 is 1.44 bits per heavy atom. The Kier molecular flexibility index (Phi) is 3.03. The molecule has 0 aliphatic carbocycles. The molecule has 1 fully saturated rings. The highest BCUT2D eigenvalue weighted by Gasteiger charge is 2.29. The van der Waals surface area contributed by atoms with E-state index in [9.17, 15) is 4.79 Å². The Morgan fingerprint density at radius 3 is 2.62 bits per heavy atom. The van der Waals surface area contributed by atoms with Gasteiger partial charge in [-0.2, -0.15) is 0 Å². The summed E-state index contributed by atoms with van der Waals surface area (Å²) in [5.41, 5.74) is 0.483. The molecule has 2 rings (SSSR count). The molecular weight excluding hydrogens is 202 g/mol. The highest BCUT2D eigenvalue weighted by atomic mass is 16.4. The van der Waals surface area contributed by atoms with Crippen molar-refractivity contribution >= 4 is 12.2 Å². The SMILES string of the molecule is CCC1(C)CCN(c2ccc(C=O)o2)CC1. The van der Waals surface area contributed by atoms with Crippen LogP contribution in [0.15, 0.2) is 16.5 Å². The van der Waals surface area contributed by atoms with Gasteiger partial charge in [-0.15, -0.1) is 0 Å². The second-order valence-electron chi connectivity index (χ2n) is 4.95. The van der Waals surface area contributed by atoms with E-state index in [1.165, 1.54) is 19.3 Å². The first-order valence-electron chi connectivity index (χ1n) is 5.97. The molecule has 1 saturated heterocycles. The number of hydrogen-bond donors (Lipinski definition) is 0. The molecule has 0 radical (unpaired) electrons. The van der Waals surface area contributed by atoms with Crippen LogP contribution in [-0.4, -0.2) is 19.4 Å². The van der Waals surface area contributed by atoms with Crippen molar-refractivity contribution in [2.45, 2.75) is 33.1 Å². The Bertz CT molecular complexity index is 362. The van der Waals surface area contributed by atoms with Crippen LogP contribution in [-0.2, 0) is 0 Å². The fraction of sp³-hybridized carbons (Fsp3) is 0.615. The Balaban J connectivity index is 2.01. The van der Waals surface area contributed by atoms with Crippen molar-refractivity contribution in [3.8, 4) is 0 Å². The van der Waals surface area contributed by atoms with Gasteiger partial charge in [0.25, 0.3) is 0 Å². The van der Waals surface area contributed by atoms with E-state index in [4.69, 9.17) is 4.42 Å². The van der Waals surface area contributed by atoms with E-state index in [2.05, 4.69) is 18.7 Å². The first-order chi connectivity index (χ1) is 7.67. The summed E-state index contributed by atoms with van der Waals surface area (Å²) in [4.78, 5) is 12.8. The van der Waals surface area contributed by atoms with Crippen LogP contribution in [0.25, 0.3) is 0 Å². The van der Waals surface area contributed by atoms with Crippen molar-refractivity contribution in [2.75, 3.05) is 18.0 Å². The zero-order chi connectivity index (χ0) is 11.6. The van der Waals surface area contributed by atoms with E-state index in [0.29, 0.717) is 11.2 Å². The number of piperidine rings is 1. The summed E-state index contributed by atoms with van der Waals surface area (Å²) < 4.78 is 5.43. The maximum atomic E-state index is 10.5. The molecule has 0 amide bonds. The predicted molar refractivity (Wildman–Crippen MR) is 63.9 cm³/mol. The van der Waals surface area contributed by atoms with E-state index in [1.807, 2.05) is 6.07 Å². The standard InChI is InChI=1S/C13H19NO2/c1-3-13(2)6-8-14(9-7-13)12-5-4-11(10-15)16-12/h4-5,10H,3,6-9H2,1-2H3. The second-order valence-corrected chi connectivity index (χ2v) is 4.95. The summed E-state index contributed by atoms with van der Waals surface area (Å²) in [5, 5.41) is 0. The molecule has 3 heteroatoms. The van der Waals surface area contributed by atoms with Gasteiger partial charge in [-0.1, -0.05) is 20.3 Å². The molecule has 0 spiro atoms. The van der Waals surface area contributed by atoms with Crippen molar-refractivity contribution in [1.29, 1.82) is 0 Å². The number of aldehydes is 1. The average Bonchev–Trinajstić information content (AvgIpc) is 2.79. The number of nitrogens with zero attached hydrogens (tertiary/aromatic N) is 1. The molecular formula is C13H19NO2. The zero-order valence-electron chi connectivity index (χ0n) is 10.0. The Hall–Kier alpha value is -1.25. The number of carbonyl (C=O) groups excluding carboxylic acids is 1. The summed E-state index contributed by atoms with van der Waals surface area (Å²) >= 11 is 0. The smallest absolute Gasteiger partial charge is 0.196 e. The third-order valence-electron chi connectivity index (χ3n) is 3.86. The van der Waals surface area contributed by atoms with E-state index >= 15 is 0 Å². The fourth-order valence-electron chi connectivity index (χ4n) is 2.20. The molecule has 3 nitrogen and oxygen atoms in total. The van der Waals surface area contributed by atoms with E-state index in [1.54, 1.807) is 6.07 Å². The molecule has 1 aromatic rings. The lowest BCUT2D eigenvalue weighted by Crippen LogP contribution is -2.38. The predicted octanol–water partition coefficient (Wildman–Crippen LogP) is 3.11. The highest BCUT2D eigenvalue weighted by Crippen LogP contribution is 2.35. The number of hydrogen-bond acceptors (Lipinski definition) is 3. The van der Waals surface area contributed by atoms with Crippen molar-refractivity contribution in [2.24, 2.45) is 5.41 Å². The number of anilines is 1. The Morgan fingerprint density at radius 2 is 2.12 bits per heavy atom. The third kappa shape index (κ3) is 2.13. The van der Waals surface area contributed by atoms with Crippen molar-refractivity contribution in [3.63, 3.8) is 0 Å². The van der Waals surface area contributed by atoms with Crippen LogP contribution < -0.4 is 4.90 Å².